The smallest absolute Gasteiger partial charge is 0.0793 e. The van der Waals surface area contributed by atoms with Crippen molar-refractivity contribution in [3.8, 4) is 33.4 Å². The zero-order valence-corrected chi connectivity index (χ0v) is 22.5. The van der Waals surface area contributed by atoms with E-state index in [1.165, 1.54) is 32.3 Å². The molecule has 0 unspecified atom stereocenters. The average molecular weight is 532 g/mol. The minimum Gasteiger partial charge on any atom is -0.255 e. The highest BCUT2D eigenvalue weighted by Gasteiger charge is 2.26. The molecule has 10 rings (SSSR count). The summed E-state index contributed by atoms with van der Waals surface area (Å²) in [6, 6.07) is 38.6. The van der Waals surface area contributed by atoms with Crippen molar-refractivity contribution in [2.45, 2.75) is 0 Å². The third-order valence-electron chi connectivity index (χ3n) is 8.99. The van der Waals surface area contributed by atoms with Gasteiger partial charge in [0, 0.05) is 83.8 Å². The first kappa shape index (κ1) is 22.1. The Morgan fingerprint density at radius 3 is 0.881 bits per heavy atom. The van der Waals surface area contributed by atoms with Crippen molar-refractivity contribution in [2.24, 2.45) is 0 Å². The van der Waals surface area contributed by atoms with Crippen LogP contribution >= 0.6 is 0 Å². The van der Waals surface area contributed by atoms with Gasteiger partial charge in [0.2, 0.25) is 0 Å². The van der Waals surface area contributed by atoms with Gasteiger partial charge < -0.3 is 0 Å². The highest BCUT2D eigenvalue weighted by atomic mass is 14.7. The third kappa shape index (κ3) is 2.77. The predicted molar refractivity (Wildman–Crippen MR) is 175 cm³/mol. The molecule has 0 aliphatic rings. The van der Waals surface area contributed by atoms with E-state index < -0.39 is 0 Å². The van der Waals surface area contributed by atoms with Crippen LogP contribution in [-0.2, 0) is 0 Å². The molecule has 3 aromatic heterocycles. The van der Waals surface area contributed by atoms with Gasteiger partial charge in [-0.3, -0.25) is 15.0 Å². The van der Waals surface area contributed by atoms with Crippen molar-refractivity contribution in [3.05, 3.63) is 128 Å². The van der Waals surface area contributed by atoms with Crippen molar-refractivity contribution in [1.29, 1.82) is 0 Å². The summed E-state index contributed by atoms with van der Waals surface area (Å²) in [6.07, 6.45) is 6.17. The van der Waals surface area contributed by atoms with Crippen LogP contribution in [0.4, 0.5) is 0 Å². The molecule has 0 saturated carbocycles. The van der Waals surface area contributed by atoms with Crippen molar-refractivity contribution in [3.63, 3.8) is 0 Å². The molecule has 0 amide bonds. The Balaban J connectivity index is 1.51. The Labute approximate surface area is 240 Å². The van der Waals surface area contributed by atoms with Gasteiger partial charge in [-0.1, -0.05) is 91.0 Å². The molecule has 0 aliphatic carbocycles. The zero-order chi connectivity index (χ0) is 27.4. The first-order valence-corrected chi connectivity index (χ1v) is 14.3. The molecule has 192 valence electrons. The SMILES string of the molecule is c1ccc(-c2cc3cnc4c(-c5ccccc5)cc5cnc6c(-c7ccccc7)cc7cnc2c2c7c6c5c4c32)cc1. The fourth-order valence-corrected chi connectivity index (χ4v) is 7.24. The van der Waals surface area contributed by atoms with Gasteiger partial charge in [-0.15, -0.1) is 0 Å². The number of hydrogen-bond acceptors (Lipinski definition) is 3. The van der Waals surface area contributed by atoms with Crippen LogP contribution in [0.2, 0.25) is 0 Å². The molecular weight excluding hydrogens is 510 g/mol. The molecule has 10 aromatic rings. The highest BCUT2D eigenvalue weighted by molar-refractivity contribution is 6.45. The summed E-state index contributed by atoms with van der Waals surface area (Å²) < 4.78 is 0. The second-order valence-electron chi connectivity index (χ2n) is 11.2. The average Bonchev–Trinajstić information content (AvgIpc) is 3.07. The summed E-state index contributed by atoms with van der Waals surface area (Å²) in [5, 5.41) is 10.7. The number of aromatic nitrogens is 3. The normalized spacial score (nSPS) is 12.3. The van der Waals surface area contributed by atoms with E-state index >= 15 is 0 Å². The van der Waals surface area contributed by atoms with E-state index in [0.717, 1.165) is 66.1 Å². The van der Waals surface area contributed by atoms with Crippen molar-refractivity contribution < 1.29 is 0 Å². The molecule has 0 saturated heterocycles. The molecule has 0 fully saturated rings. The largest absolute Gasteiger partial charge is 0.255 e. The van der Waals surface area contributed by atoms with Gasteiger partial charge >= 0.3 is 0 Å². The van der Waals surface area contributed by atoms with Crippen LogP contribution in [0.3, 0.4) is 0 Å². The Kier molecular flexibility index (Phi) is 4.18. The maximum absolute atomic E-state index is 5.19. The lowest BCUT2D eigenvalue weighted by molar-refractivity contribution is 1.42. The minimum absolute atomic E-state index is 1.02. The molecule has 0 radical (unpaired) electrons. The fourth-order valence-electron chi connectivity index (χ4n) is 7.24. The monoisotopic (exact) mass is 531 g/mol. The molecule has 0 bridgehead atoms. The number of rotatable bonds is 3. The van der Waals surface area contributed by atoms with Crippen molar-refractivity contribution in [2.75, 3.05) is 0 Å². The molecule has 42 heavy (non-hydrogen) atoms. The number of nitrogens with zero attached hydrogens (tertiary/aromatic N) is 3. The van der Waals surface area contributed by atoms with E-state index in [2.05, 4.69) is 128 Å². The summed E-state index contributed by atoms with van der Waals surface area (Å²) in [7, 11) is 0. The minimum atomic E-state index is 1.02. The molecule has 3 nitrogen and oxygen atoms in total. The molecular formula is C39H21N3. The summed E-state index contributed by atoms with van der Waals surface area (Å²) in [5.41, 5.74) is 9.93. The number of hydrogen-bond donors (Lipinski definition) is 0. The van der Waals surface area contributed by atoms with Crippen LogP contribution in [0.15, 0.2) is 128 Å². The van der Waals surface area contributed by atoms with Gasteiger partial charge in [0.25, 0.3) is 0 Å². The summed E-state index contributed by atoms with van der Waals surface area (Å²) in [6.45, 7) is 0. The van der Waals surface area contributed by atoms with Gasteiger partial charge in [0.15, 0.2) is 0 Å². The van der Waals surface area contributed by atoms with Crippen molar-refractivity contribution in [1.82, 2.24) is 15.0 Å². The fraction of sp³-hybridized carbons (Fsp3) is 0. The molecule has 3 heterocycles. The summed E-state index contributed by atoms with van der Waals surface area (Å²) in [4.78, 5) is 15.6. The maximum Gasteiger partial charge on any atom is 0.0793 e. The molecule has 3 heteroatoms. The van der Waals surface area contributed by atoms with Crippen LogP contribution in [-0.4, -0.2) is 15.0 Å². The van der Waals surface area contributed by atoms with Gasteiger partial charge in [0.1, 0.15) is 0 Å². The van der Waals surface area contributed by atoms with Crippen molar-refractivity contribution >= 4 is 65.0 Å². The van der Waals surface area contributed by atoms with Gasteiger partial charge in [0.05, 0.1) is 16.6 Å². The quantitative estimate of drug-likeness (QED) is 0.168. The van der Waals surface area contributed by atoms with Crippen LogP contribution in [0.5, 0.6) is 0 Å². The lowest BCUT2D eigenvalue weighted by Crippen LogP contribution is -1.99. The number of pyridine rings is 3. The van der Waals surface area contributed by atoms with Crippen LogP contribution in [0.1, 0.15) is 0 Å². The van der Waals surface area contributed by atoms with E-state index in [1.54, 1.807) is 0 Å². The second-order valence-corrected chi connectivity index (χ2v) is 11.2. The van der Waals surface area contributed by atoms with Crippen LogP contribution < -0.4 is 0 Å². The Hall–Kier alpha value is -5.67. The van der Waals surface area contributed by atoms with Gasteiger partial charge in [-0.2, -0.15) is 0 Å². The topological polar surface area (TPSA) is 38.7 Å². The first-order chi connectivity index (χ1) is 20.8. The van der Waals surface area contributed by atoms with E-state index in [9.17, 15) is 0 Å². The van der Waals surface area contributed by atoms with Crippen LogP contribution in [0.25, 0.3) is 98.4 Å². The van der Waals surface area contributed by atoms with E-state index in [4.69, 9.17) is 15.0 Å². The Morgan fingerprint density at radius 2 is 0.595 bits per heavy atom. The molecule has 0 aliphatic heterocycles. The van der Waals surface area contributed by atoms with Gasteiger partial charge in [-0.05, 0) is 34.9 Å². The maximum atomic E-state index is 5.19. The Bertz CT molecular complexity index is 2270. The molecule has 0 atom stereocenters. The molecule has 7 aromatic carbocycles. The van der Waals surface area contributed by atoms with E-state index in [-0.39, 0.29) is 0 Å². The first-order valence-electron chi connectivity index (χ1n) is 14.3. The lowest BCUT2D eigenvalue weighted by Gasteiger charge is -2.23. The summed E-state index contributed by atoms with van der Waals surface area (Å²) >= 11 is 0. The molecule has 0 spiro atoms. The Morgan fingerprint density at radius 1 is 0.310 bits per heavy atom. The number of benzene rings is 7. The van der Waals surface area contributed by atoms with E-state index in [0.29, 0.717) is 0 Å². The lowest BCUT2D eigenvalue weighted by atomic mass is 9.82. The third-order valence-corrected chi connectivity index (χ3v) is 8.99. The van der Waals surface area contributed by atoms with Crippen LogP contribution in [0, 0.1) is 0 Å². The zero-order valence-electron chi connectivity index (χ0n) is 22.5. The predicted octanol–water partition coefficient (Wildman–Crippen LogP) is 10.1. The van der Waals surface area contributed by atoms with Gasteiger partial charge in [-0.25, -0.2) is 0 Å². The highest BCUT2D eigenvalue weighted by Crippen LogP contribution is 2.51. The van der Waals surface area contributed by atoms with E-state index in [1.807, 2.05) is 0 Å². The second kappa shape index (κ2) is 7.96. The summed E-state index contributed by atoms with van der Waals surface area (Å²) in [5.74, 6) is 0. The standard InChI is InChI=1S/C39H21N3/c1-4-10-22(11-5-1)28-16-25-19-41-38-30(24-14-8-3-9-15-24)18-27-21-42-39-29(23-12-6-2-7-13-23)17-26-20-40-37(28)34-31(25)35(38)33(27)36(39)32(26)34/h1-21H. The molecule has 0 N–H and O–H groups in total.